The van der Waals surface area contributed by atoms with Crippen molar-refractivity contribution < 1.29 is 0 Å². The Morgan fingerprint density at radius 2 is 2.19 bits per heavy atom. The van der Waals surface area contributed by atoms with E-state index in [-0.39, 0.29) is 0 Å². The molecular weight excluding hydrogens is 324 g/mol. The summed E-state index contributed by atoms with van der Waals surface area (Å²) in [6.45, 7) is 7.28. The van der Waals surface area contributed by atoms with Crippen molar-refractivity contribution in [3.05, 3.63) is 34.3 Å². The van der Waals surface area contributed by atoms with Crippen LogP contribution in [-0.2, 0) is 0 Å². The molecule has 2 unspecified atom stereocenters. The van der Waals surface area contributed by atoms with E-state index in [9.17, 15) is 0 Å². The molecule has 0 saturated carbocycles. The molecule has 0 bridgehead atoms. The van der Waals surface area contributed by atoms with Crippen molar-refractivity contribution in [2.24, 2.45) is 5.41 Å². The molecule has 3 heteroatoms. The zero-order valence-corrected chi connectivity index (χ0v) is 14.7. The molecular formula is C18H27BrN2. The highest BCUT2D eigenvalue weighted by Gasteiger charge is 2.38. The fourth-order valence-corrected chi connectivity index (χ4v) is 4.73. The zero-order chi connectivity index (χ0) is 14.7. The highest BCUT2D eigenvalue weighted by molar-refractivity contribution is 9.10. The van der Waals surface area contributed by atoms with E-state index in [1.807, 2.05) is 0 Å². The molecule has 1 aromatic rings. The Bertz CT molecular complexity index is 463. The van der Waals surface area contributed by atoms with Crippen LogP contribution in [0.15, 0.2) is 28.7 Å². The second kappa shape index (κ2) is 6.80. The van der Waals surface area contributed by atoms with E-state index in [2.05, 4.69) is 57.3 Å². The second-order valence-corrected chi connectivity index (χ2v) is 7.75. The lowest BCUT2D eigenvalue weighted by molar-refractivity contribution is 0.0355. The molecule has 21 heavy (non-hydrogen) atoms. The lowest BCUT2D eigenvalue weighted by atomic mass is 9.74. The quantitative estimate of drug-likeness (QED) is 0.870. The van der Waals surface area contributed by atoms with Gasteiger partial charge in [-0.2, -0.15) is 0 Å². The van der Waals surface area contributed by atoms with Crippen molar-refractivity contribution >= 4 is 15.9 Å². The average Bonchev–Trinajstić information content (AvgIpc) is 2.49. The molecule has 1 N–H and O–H groups in total. The minimum Gasteiger partial charge on any atom is -0.316 e. The lowest BCUT2D eigenvalue weighted by Gasteiger charge is -2.48. The monoisotopic (exact) mass is 350 g/mol. The van der Waals surface area contributed by atoms with Crippen molar-refractivity contribution in [1.29, 1.82) is 0 Å². The Hall–Kier alpha value is -0.380. The predicted molar refractivity (Wildman–Crippen MR) is 92.5 cm³/mol. The van der Waals surface area contributed by atoms with Gasteiger partial charge in [-0.25, -0.2) is 0 Å². The number of benzene rings is 1. The van der Waals surface area contributed by atoms with E-state index in [0.29, 0.717) is 11.5 Å². The van der Waals surface area contributed by atoms with Crippen molar-refractivity contribution in [3.8, 4) is 0 Å². The summed E-state index contributed by atoms with van der Waals surface area (Å²) in [5, 5.41) is 3.64. The van der Waals surface area contributed by atoms with Crippen LogP contribution in [0.4, 0.5) is 0 Å². The smallest absolute Gasteiger partial charge is 0.0346 e. The Morgan fingerprint density at radius 3 is 2.90 bits per heavy atom. The molecule has 2 aliphatic heterocycles. The van der Waals surface area contributed by atoms with Crippen molar-refractivity contribution in [3.63, 3.8) is 0 Å². The van der Waals surface area contributed by atoms with Crippen molar-refractivity contribution in [2.75, 3.05) is 26.2 Å². The van der Waals surface area contributed by atoms with Gasteiger partial charge in [0, 0.05) is 23.6 Å². The van der Waals surface area contributed by atoms with E-state index < -0.39 is 0 Å². The highest BCUT2D eigenvalue weighted by Crippen LogP contribution is 2.39. The number of nitrogens with one attached hydrogen (secondary N) is 1. The molecule has 0 amide bonds. The van der Waals surface area contributed by atoms with Gasteiger partial charge >= 0.3 is 0 Å². The fourth-order valence-electron chi connectivity index (χ4n) is 4.31. The summed E-state index contributed by atoms with van der Waals surface area (Å²) in [4.78, 5) is 2.75. The van der Waals surface area contributed by atoms with Crippen LogP contribution >= 0.6 is 15.9 Å². The van der Waals surface area contributed by atoms with E-state index in [4.69, 9.17) is 0 Å². The topological polar surface area (TPSA) is 15.3 Å². The normalized spacial score (nSPS) is 28.7. The first-order valence-electron chi connectivity index (χ1n) is 8.43. The van der Waals surface area contributed by atoms with E-state index in [0.717, 1.165) is 0 Å². The number of likely N-dealkylation sites (tertiary alicyclic amines) is 1. The van der Waals surface area contributed by atoms with Crippen LogP contribution in [0.2, 0.25) is 0 Å². The Morgan fingerprint density at radius 1 is 1.33 bits per heavy atom. The van der Waals surface area contributed by atoms with E-state index in [1.54, 1.807) is 0 Å². The zero-order valence-electron chi connectivity index (χ0n) is 13.1. The Balaban J connectivity index is 1.77. The average molecular weight is 351 g/mol. The third-order valence-corrected chi connectivity index (χ3v) is 5.81. The summed E-state index contributed by atoms with van der Waals surface area (Å²) in [5.41, 5.74) is 2.00. The minimum atomic E-state index is 0.538. The third kappa shape index (κ3) is 3.52. The van der Waals surface area contributed by atoms with Crippen molar-refractivity contribution in [1.82, 2.24) is 10.2 Å². The van der Waals surface area contributed by atoms with Gasteiger partial charge in [0.15, 0.2) is 0 Å². The SMILES string of the molecule is CCC(c1cccc(Br)c1)N1CCCC2(CCCNC2)C1. The van der Waals surface area contributed by atoms with Crippen LogP contribution in [0, 0.1) is 5.41 Å². The first-order chi connectivity index (χ1) is 10.2. The van der Waals surface area contributed by atoms with Gasteiger partial charge in [0.05, 0.1) is 0 Å². The standard InChI is InChI=1S/C18H27BrN2/c1-2-17(15-6-3-7-16(19)12-15)21-11-5-9-18(14-21)8-4-10-20-13-18/h3,6-7,12,17,20H,2,4-5,8-11,13-14H2,1H3. The van der Waals surface area contributed by atoms with Crippen LogP contribution < -0.4 is 5.32 Å². The van der Waals surface area contributed by atoms with Crippen LogP contribution in [0.5, 0.6) is 0 Å². The maximum atomic E-state index is 3.64. The predicted octanol–water partition coefficient (Wildman–Crippen LogP) is 4.37. The van der Waals surface area contributed by atoms with Crippen LogP contribution in [0.1, 0.15) is 50.6 Å². The van der Waals surface area contributed by atoms with Gasteiger partial charge in [-0.05, 0) is 68.3 Å². The summed E-state index contributed by atoms with van der Waals surface area (Å²) in [7, 11) is 0. The molecule has 1 spiro atoms. The first-order valence-corrected chi connectivity index (χ1v) is 9.22. The Labute approximate surface area is 137 Å². The summed E-state index contributed by atoms with van der Waals surface area (Å²) < 4.78 is 1.20. The number of hydrogen-bond acceptors (Lipinski definition) is 2. The largest absolute Gasteiger partial charge is 0.316 e. The molecule has 2 heterocycles. The molecule has 2 fully saturated rings. The molecule has 2 aliphatic rings. The molecule has 116 valence electrons. The Kier molecular flexibility index (Phi) is 5.03. The second-order valence-electron chi connectivity index (χ2n) is 6.83. The molecule has 2 nitrogen and oxygen atoms in total. The maximum absolute atomic E-state index is 3.64. The summed E-state index contributed by atoms with van der Waals surface area (Å²) in [6, 6.07) is 9.46. The van der Waals surface area contributed by atoms with Crippen molar-refractivity contribution in [2.45, 2.75) is 45.1 Å². The highest BCUT2D eigenvalue weighted by atomic mass is 79.9. The van der Waals surface area contributed by atoms with Gasteiger partial charge in [-0.15, -0.1) is 0 Å². The van der Waals surface area contributed by atoms with Crippen LogP contribution in [0.25, 0.3) is 0 Å². The molecule has 2 atom stereocenters. The van der Waals surface area contributed by atoms with Gasteiger partial charge in [-0.1, -0.05) is 35.0 Å². The molecule has 0 aliphatic carbocycles. The van der Waals surface area contributed by atoms with Crippen LogP contribution in [-0.4, -0.2) is 31.1 Å². The number of piperidine rings is 2. The summed E-state index contributed by atoms with van der Waals surface area (Å²) >= 11 is 3.63. The molecule has 2 saturated heterocycles. The van der Waals surface area contributed by atoms with Crippen LogP contribution in [0.3, 0.4) is 0 Å². The van der Waals surface area contributed by atoms with Gasteiger partial charge in [0.25, 0.3) is 0 Å². The number of nitrogens with zero attached hydrogens (tertiary/aromatic N) is 1. The van der Waals surface area contributed by atoms with Gasteiger partial charge < -0.3 is 5.32 Å². The first kappa shape index (κ1) is 15.5. The fraction of sp³-hybridized carbons (Fsp3) is 0.667. The summed E-state index contributed by atoms with van der Waals surface area (Å²) in [6.07, 6.45) is 6.71. The number of hydrogen-bond donors (Lipinski definition) is 1. The van der Waals surface area contributed by atoms with Gasteiger partial charge in [0.2, 0.25) is 0 Å². The number of halogens is 1. The van der Waals surface area contributed by atoms with E-state index in [1.165, 1.54) is 68.3 Å². The lowest BCUT2D eigenvalue weighted by Crippen LogP contribution is -2.51. The molecule has 0 radical (unpaired) electrons. The third-order valence-electron chi connectivity index (χ3n) is 5.31. The van der Waals surface area contributed by atoms with Gasteiger partial charge in [-0.3, -0.25) is 4.90 Å². The van der Waals surface area contributed by atoms with Gasteiger partial charge in [0.1, 0.15) is 0 Å². The number of rotatable bonds is 3. The molecule has 0 aromatic heterocycles. The molecule has 3 rings (SSSR count). The van der Waals surface area contributed by atoms with E-state index >= 15 is 0 Å². The molecule has 1 aromatic carbocycles. The summed E-state index contributed by atoms with van der Waals surface area (Å²) in [5.74, 6) is 0. The maximum Gasteiger partial charge on any atom is 0.0346 e. The minimum absolute atomic E-state index is 0.538.